The van der Waals surface area contributed by atoms with Gasteiger partial charge in [-0.25, -0.2) is 0 Å². The van der Waals surface area contributed by atoms with Gasteiger partial charge in [-0.3, -0.25) is 4.79 Å². The molecule has 2 N–H and O–H groups in total. The summed E-state index contributed by atoms with van der Waals surface area (Å²) in [7, 11) is 0. The Bertz CT molecular complexity index is 118. The molecule has 0 saturated heterocycles. The fraction of sp³-hybridized carbons (Fsp3) is 0.200. The van der Waals surface area contributed by atoms with Crippen molar-refractivity contribution < 1.29 is 4.79 Å². The number of carbonyl (C=O) groups is 1. The molecule has 0 radical (unpaired) electrons. The summed E-state index contributed by atoms with van der Waals surface area (Å²) in [5.74, 6) is 0. The molecule has 0 aliphatic carbocycles. The van der Waals surface area contributed by atoms with E-state index in [1.54, 1.807) is 6.92 Å². The molecule has 3 heteroatoms. The Hall–Kier alpha value is -1.12. The molecule has 44 valence electrons. The number of nitrogens with one attached hydrogen (secondary N) is 2. The fourth-order valence-corrected chi connectivity index (χ4v) is 0.207. The molecule has 0 aromatic rings. The zero-order valence-electron chi connectivity index (χ0n) is 4.64. The minimum atomic E-state index is 0.562. The van der Waals surface area contributed by atoms with E-state index in [0.29, 0.717) is 6.41 Å². The van der Waals surface area contributed by atoms with Crippen LogP contribution < -0.4 is 5.32 Å². The Labute approximate surface area is 47.9 Å². The monoisotopic (exact) mass is 112 g/mol. The van der Waals surface area contributed by atoms with Gasteiger partial charge in [-0.05, 0) is 12.5 Å². The maximum Gasteiger partial charge on any atom is 0.211 e. The van der Waals surface area contributed by atoms with Crippen LogP contribution in [-0.4, -0.2) is 12.6 Å². The van der Waals surface area contributed by atoms with Crippen LogP contribution in [0.4, 0.5) is 0 Å². The first kappa shape index (κ1) is 6.88. The van der Waals surface area contributed by atoms with Crippen LogP contribution in [0.25, 0.3) is 0 Å². The zero-order valence-corrected chi connectivity index (χ0v) is 4.64. The topological polar surface area (TPSA) is 53.0 Å². The smallest absolute Gasteiger partial charge is 0.211 e. The highest BCUT2D eigenvalue weighted by Crippen LogP contribution is 1.78. The number of allylic oxidation sites excluding steroid dienone is 1. The Morgan fingerprint density at radius 3 is 2.75 bits per heavy atom. The summed E-state index contributed by atoms with van der Waals surface area (Å²) in [4.78, 5) is 9.59. The van der Waals surface area contributed by atoms with E-state index in [0.717, 1.165) is 11.8 Å². The molecule has 0 aliphatic rings. The van der Waals surface area contributed by atoms with Gasteiger partial charge in [0, 0.05) is 12.4 Å². The van der Waals surface area contributed by atoms with E-state index in [-0.39, 0.29) is 0 Å². The molecule has 0 atom stereocenters. The molecule has 0 rings (SSSR count). The normalized spacial score (nSPS) is 10.4. The molecule has 0 bridgehead atoms. The molecule has 0 heterocycles. The molecule has 0 unspecified atom stereocenters. The number of rotatable bonds is 3. The van der Waals surface area contributed by atoms with Crippen molar-refractivity contribution >= 4 is 12.6 Å². The highest BCUT2D eigenvalue weighted by Gasteiger charge is 1.75. The van der Waals surface area contributed by atoms with Gasteiger partial charge >= 0.3 is 0 Å². The standard InChI is InChI=1S/C5H8N2O/c1-5(2-6)3-7-4-8/h2-4,6H,1H3,(H,7,8)/b5-3-,6-2?. The van der Waals surface area contributed by atoms with Crippen LogP contribution in [0, 0.1) is 5.41 Å². The van der Waals surface area contributed by atoms with Gasteiger partial charge in [-0.2, -0.15) is 0 Å². The van der Waals surface area contributed by atoms with Crippen LogP contribution in [0.1, 0.15) is 6.92 Å². The van der Waals surface area contributed by atoms with Gasteiger partial charge in [0.15, 0.2) is 0 Å². The van der Waals surface area contributed by atoms with E-state index < -0.39 is 0 Å². The van der Waals surface area contributed by atoms with Gasteiger partial charge in [0.25, 0.3) is 0 Å². The lowest BCUT2D eigenvalue weighted by Crippen LogP contribution is -2.00. The van der Waals surface area contributed by atoms with Crippen LogP contribution in [0.15, 0.2) is 11.8 Å². The van der Waals surface area contributed by atoms with E-state index in [4.69, 9.17) is 5.41 Å². The molecule has 0 aliphatic heterocycles. The first-order chi connectivity index (χ1) is 3.81. The quantitative estimate of drug-likeness (QED) is 0.400. The van der Waals surface area contributed by atoms with Gasteiger partial charge in [0.1, 0.15) is 0 Å². The lowest BCUT2D eigenvalue weighted by Gasteiger charge is -1.85. The highest BCUT2D eigenvalue weighted by atomic mass is 16.1. The molecule has 0 saturated carbocycles. The Balaban J connectivity index is 3.56. The van der Waals surface area contributed by atoms with Gasteiger partial charge < -0.3 is 10.7 Å². The molecule has 1 amide bonds. The minimum Gasteiger partial charge on any atom is -0.335 e. The number of hydrogen-bond donors (Lipinski definition) is 2. The molecule has 3 nitrogen and oxygen atoms in total. The molecule has 0 spiro atoms. The Kier molecular flexibility index (Phi) is 3.48. The summed E-state index contributed by atoms with van der Waals surface area (Å²) >= 11 is 0. The van der Waals surface area contributed by atoms with Crippen LogP contribution in [0.2, 0.25) is 0 Å². The van der Waals surface area contributed by atoms with Crippen LogP contribution in [0.3, 0.4) is 0 Å². The summed E-state index contributed by atoms with van der Waals surface area (Å²) in [5.41, 5.74) is 0.720. The second kappa shape index (κ2) is 4.05. The molecule has 8 heavy (non-hydrogen) atoms. The Morgan fingerprint density at radius 1 is 1.75 bits per heavy atom. The first-order valence-electron chi connectivity index (χ1n) is 2.18. The zero-order chi connectivity index (χ0) is 6.41. The van der Waals surface area contributed by atoms with E-state index in [9.17, 15) is 4.79 Å². The number of hydrogen-bond acceptors (Lipinski definition) is 2. The third-order valence-corrected chi connectivity index (χ3v) is 0.607. The number of amides is 1. The van der Waals surface area contributed by atoms with Crippen LogP contribution in [-0.2, 0) is 4.79 Å². The highest BCUT2D eigenvalue weighted by molar-refractivity contribution is 5.75. The largest absolute Gasteiger partial charge is 0.335 e. The predicted molar refractivity (Wildman–Crippen MR) is 31.7 cm³/mol. The average Bonchev–Trinajstić information content (AvgIpc) is 1.83. The van der Waals surface area contributed by atoms with E-state index >= 15 is 0 Å². The minimum absolute atomic E-state index is 0.562. The Morgan fingerprint density at radius 2 is 2.38 bits per heavy atom. The lowest BCUT2D eigenvalue weighted by molar-refractivity contribution is -0.108. The van der Waals surface area contributed by atoms with Crippen molar-refractivity contribution in [2.24, 2.45) is 0 Å². The third-order valence-electron chi connectivity index (χ3n) is 0.607. The molecular weight excluding hydrogens is 104 g/mol. The summed E-state index contributed by atoms with van der Waals surface area (Å²) in [5, 5.41) is 8.94. The van der Waals surface area contributed by atoms with Crippen molar-refractivity contribution in [3.63, 3.8) is 0 Å². The molecule has 0 aromatic heterocycles. The van der Waals surface area contributed by atoms with Crippen LogP contribution >= 0.6 is 0 Å². The van der Waals surface area contributed by atoms with Gasteiger partial charge in [0.2, 0.25) is 6.41 Å². The van der Waals surface area contributed by atoms with Gasteiger partial charge in [0.05, 0.1) is 0 Å². The summed E-state index contributed by atoms with van der Waals surface area (Å²) in [6.07, 6.45) is 3.18. The first-order valence-corrected chi connectivity index (χ1v) is 2.18. The third kappa shape index (κ3) is 3.08. The van der Waals surface area contributed by atoms with Crippen molar-refractivity contribution in [2.75, 3.05) is 0 Å². The lowest BCUT2D eigenvalue weighted by atomic mass is 10.4. The van der Waals surface area contributed by atoms with Crippen molar-refractivity contribution in [3.8, 4) is 0 Å². The van der Waals surface area contributed by atoms with Gasteiger partial charge in [-0.15, -0.1) is 0 Å². The average molecular weight is 112 g/mol. The number of carbonyl (C=O) groups excluding carboxylic acids is 1. The molecule has 0 fully saturated rings. The van der Waals surface area contributed by atoms with Crippen molar-refractivity contribution in [1.82, 2.24) is 5.32 Å². The maximum atomic E-state index is 9.59. The fourth-order valence-electron chi connectivity index (χ4n) is 0.207. The summed E-state index contributed by atoms with van der Waals surface area (Å²) in [6, 6.07) is 0. The van der Waals surface area contributed by atoms with E-state index in [1.807, 2.05) is 0 Å². The predicted octanol–water partition coefficient (Wildman–Crippen LogP) is 0.286. The summed E-state index contributed by atoms with van der Waals surface area (Å²) in [6.45, 7) is 1.73. The van der Waals surface area contributed by atoms with Gasteiger partial charge in [-0.1, -0.05) is 0 Å². The molecule has 0 aromatic carbocycles. The summed E-state index contributed by atoms with van der Waals surface area (Å²) < 4.78 is 0. The maximum absolute atomic E-state index is 9.59. The molecular formula is C5H8N2O. The van der Waals surface area contributed by atoms with E-state index in [1.165, 1.54) is 6.20 Å². The second-order valence-electron chi connectivity index (χ2n) is 1.32. The van der Waals surface area contributed by atoms with Crippen LogP contribution in [0.5, 0.6) is 0 Å². The van der Waals surface area contributed by atoms with E-state index in [2.05, 4.69) is 5.32 Å². The van der Waals surface area contributed by atoms with Crippen molar-refractivity contribution in [2.45, 2.75) is 6.92 Å². The van der Waals surface area contributed by atoms with Crippen molar-refractivity contribution in [3.05, 3.63) is 11.8 Å². The van der Waals surface area contributed by atoms with Crippen molar-refractivity contribution in [1.29, 1.82) is 5.41 Å². The second-order valence-corrected chi connectivity index (χ2v) is 1.32. The SMILES string of the molecule is C/C(C=N)=C/NC=O.